The molecule has 0 spiro atoms. The van der Waals surface area contributed by atoms with Gasteiger partial charge in [-0.1, -0.05) is 0 Å². The second-order valence-corrected chi connectivity index (χ2v) is 5.67. The zero-order valence-electron chi connectivity index (χ0n) is 10.3. The molecule has 94 valence electrons. The number of nitrogen functional groups attached to an aromatic ring is 1. The Bertz CT molecular complexity index is 394. The van der Waals surface area contributed by atoms with Gasteiger partial charge in [0.2, 0.25) is 5.91 Å². The summed E-state index contributed by atoms with van der Waals surface area (Å²) >= 11 is 1.39. The van der Waals surface area contributed by atoms with Crippen molar-refractivity contribution < 1.29 is 4.79 Å². The van der Waals surface area contributed by atoms with Crippen LogP contribution in [0.25, 0.3) is 0 Å². The van der Waals surface area contributed by atoms with Gasteiger partial charge in [-0.05, 0) is 33.1 Å². The molecule has 1 aliphatic heterocycles. The first-order valence-corrected chi connectivity index (χ1v) is 6.97. The number of anilines is 1. The van der Waals surface area contributed by atoms with Crippen LogP contribution in [0.15, 0.2) is 5.38 Å². The Kier molecular flexibility index (Phi) is 3.66. The quantitative estimate of drug-likeness (QED) is 0.877. The maximum Gasteiger partial charge on any atom is 0.229 e. The minimum absolute atomic E-state index is 0.176. The van der Waals surface area contributed by atoms with E-state index in [1.165, 1.54) is 17.8 Å². The maximum atomic E-state index is 12.2. The van der Waals surface area contributed by atoms with Gasteiger partial charge in [0.15, 0.2) is 5.13 Å². The van der Waals surface area contributed by atoms with Crippen molar-refractivity contribution in [2.75, 3.05) is 5.73 Å². The summed E-state index contributed by atoms with van der Waals surface area (Å²) in [4.78, 5) is 18.4. The van der Waals surface area contributed by atoms with Crippen LogP contribution in [0.3, 0.4) is 0 Å². The molecule has 4 nitrogen and oxygen atoms in total. The Morgan fingerprint density at radius 1 is 1.53 bits per heavy atom. The number of rotatable bonds is 2. The topological polar surface area (TPSA) is 59.2 Å². The molecule has 1 amide bonds. The summed E-state index contributed by atoms with van der Waals surface area (Å²) in [6, 6.07) is 0.699. The van der Waals surface area contributed by atoms with E-state index in [2.05, 4.69) is 18.8 Å². The predicted molar refractivity (Wildman–Crippen MR) is 69.9 cm³/mol. The summed E-state index contributed by atoms with van der Waals surface area (Å²) in [6.45, 7) is 4.26. The lowest BCUT2D eigenvalue weighted by molar-refractivity contribution is -0.136. The van der Waals surface area contributed by atoms with E-state index in [-0.39, 0.29) is 5.91 Å². The molecule has 0 aliphatic carbocycles. The third-order valence-electron chi connectivity index (χ3n) is 3.38. The number of carbonyl (C=O) groups excluding carboxylic acids is 1. The van der Waals surface area contributed by atoms with Gasteiger partial charge in [-0.25, -0.2) is 4.98 Å². The van der Waals surface area contributed by atoms with E-state index in [4.69, 9.17) is 5.73 Å². The molecule has 2 unspecified atom stereocenters. The second kappa shape index (κ2) is 5.04. The van der Waals surface area contributed by atoms with Gasteiger partial charge in [0.05, 0.1) is 12.1 Å². The fourth-order valence-corrected chi connectivity index (χ4v) is 3.13. The molecule has 5 heteroatoms. The van der Waals surface area contributed by atoms with Crippen LogP contribution in [0.4, 0.5) is 5.13 Å². The van der Waals surface area contributed by atoms with Crippen molar-refractivity contribution in [2.45, 2.75) is 51.6 Å². The Labute approximate surface area is 106 Å². The smallest absolute Gasteiger partial charge is 0.229 e. The van der Waals surface area contributed by atoms with Crippen LogP contribution in [0.5, 0.6) is 0 Å². The number of aromatic nitrogens is 1. The molecule has 0 bridgehead atoms. The van der Waals surface area contributed by atoms with Crippen LogP contribution < -0.4 is 5.73 Å². The highest BCUT2D eigenvalue weighted by Gasteiger charge is 2.28. The molecule has 0 saturated carbocycles. The van der Waals surface area contributed by atoms with Gasteiger partial charge in [0, 0.05) is 17.5 Å². The van der Waals surface area contributed by atoms with Crippen LogP contribution in [-0.2, 0) is 11.2 Å². The third kappa shape index (κ3) is 2.77. The third-order valence-corrected chi connectivity index (χ3v) is 4.11. The molecular formula is C12H19N3OS. The lowest BCUT2D eigenvalue weighted by Gasteiger charge is -2.39. The summed E-state index contributed by atoms with van der Waals surface area (Å²) in [7, 11) is 0. The number of nitrogens with two attached hydrogens (primary N) is 1. The first-order chi connectivity index (χ1) is 8.08. The molecule has 2 heterocycles. The monoisotopic (exact) mass is 253 g/mol. The molecule has 17 heavy (non-hydrogen) atoms. The van der Waals surface area contributed by atoms with Gasteiger partial charge < -0.3 is 10.6 Å². The number of carbonyl (C=O) groups is 1. The summed E-state index contributed by atoms with van der Waals surface area (Å²) in [5.74, 6) is 0.176. The number of thiazole rings is 1. The van der Waals surface area contributed by atoms with Crippen LogP contribution in [-0.4, -0.2) is 27.9 Å². The van der Waals surface area contributed by atoms with Gasteiger partial charge in [0.1, 0.15) is 0 Å². The molecule has 2 N–H and O–H groups in total. The van der Waals surface area contributed by atoms with Crippen molar-refractivity contribution in [1.82, 2.24) is 9.88 Å². The van der Waals surface area contributed by atoms with Crippen molar-refractivity contribution in [2.24, 2.45) is 0 Å². The average molecular weight is 253 g/mol. The Morgan fingerprint density at radius 2 is 2.18 bits per heavy atom. The molecule has 1 saturated heterocycles. The van der Waals surface area contributed by atoms with E-state index in [9.17, 15) is 4.79 Å². The lowest BCUT2D eigenvalue weighted by Crippen LogP contribution is -2.48. The molecule has 0 radical (unpaired) electrons. The van der Waals surface area contributed by atoms with Crippen LogP contribution in [0, 0.1) is 0 Å². The summed E-state index contributed by atoms with van der Waals surface area (Å²) in [6.07, 6.45) is 3.81. The number of hydrogen-bond donors (Lipinski definition) is 1. The van der Waals surface area contributed by atoms with E-state index in [1.807, 2.05) is 10.3 Å². The van der Waals surface area contributed by atoms with Gasteiger partial charge in [-0.3, -0.25) is 4.79 Å². The van der Waals surface area contributed by atoms with Gasteiger partial charge in [0.25, 0.3) is 0 Å². The normalized spacial score (nSPS) is 24.9. The minimum atomic E-state index is 0.176. The Morgan fingerprint density at radius 3 is 2.71 bits per heavy atom. The highest BCUT2D eigenvalue weighted by molar-refractivity contribution is 7.13. The summed E-state index contributed by atoms with van der Waals surface area (Å²) < 4.78 is 0. The van der Waals surface area contributed by atoms with E-state index in [0.717, 1.165) is 18.5 Å². The maximum absolute atomic E-state index is 12.2. The van der Waals surface area contributed by atoms with E-state index < -0.39 is 0 Å². The van der Waals surface area contributed by atoms with Gasteiger partial charge >= 0.3 is 0 Å². The van der Waals surface area contributed by atoms with Crippen LogP contribution in [0.2, 0.25) is 0 Å². The molecule has 1 fully saturated rings. The number of likely N-dealkylation sites (tertiary alicyclic amines) is 1. The molecule has 0 aromatic carbocycles. The zero-order chi connectivity index (χ0) is 12.4. The fraction of sp³-hybridized carbons (Fsp3) is 0.667. The van der Waals surface area contributed by atoms with Crippen molar-refractivity contribution >= 4 is 22.4 Å². The second-order valence-electron chi connectivity index (χ2n) is 4.78. The molecule has 2 atom stereocenters. The molecule has 1 aromatic rings. The van der Waals surface area contributed by atoms with E-state index >= 15 is 0 Å². The lowest BCUT2D eigenvalue weighted by atomic mass is 9.97. The first-order valence-electron chi connectivity index (χ1n) is 6.09. The van der Waals surface area contributed by atoms with Crippen molar-refractivity contribution in [3.63, 3.8) is 0 Å². The van der Waals surface area contributed by atoms with Crippen molar-refractivity contribution in [3.8, 4) is 0 Å². The van der Waals surface area contributed by atoms with Gasteiger partial charge in [-0.15, -0.1) is 11.3 Å². The first kappa shape index (κ1) is 12.4. The summed E-state index contributed by atoms with van der Waals surface area (Å²) in [5.41, 5.74) is 6.36. The fourth-order valence-electron chi connectivity index (χ4n) is 2.56. The van der Waals surface area contributed by atoms with E-state index in [1.54, 1.807) is 0 Å². The predicted octanol–water partition coefficient (Wildman–Crippen LogP) is 2.06. The number of hydrogen-bond acceptors (Lipinski definition) is 4. The molecular weight excluding hydrogens is 234 g/mol. The Balaban J connectivity index is 2.03. The number of amides is 1. The minimum Gasteiger partial charge on any atom is -0.375 e. The Hall–Kier alpha value is -1.10. The van der Waals surface area contributed by atoms with Crippen LogP contribution >= 0.6 is 11.3 Å². The summed E-state index contributed by atoms with van der Waals surface area (Å²) in [5, 5.41) is 2.40. The zero-order valence-corrected chi connectivity index (χ0v) is 11.2. The van der Waals surface area contributed by atoms with Crippen LogP contribution in [0.1, 0.15) is 38.8 Å². The average Bonchev–Trinajstić information content (AvgIpc) is 2.63. The van der Waals surface area contributed by atoms with E-state index in [0.29, 0.717) is 23.6 Å². The largest absolute Gasteiger partial charge is 0.375 e. The van der Waals surface area contributed by atoms with Gasteiger partial charge in [-0.2, -0.15) is 0 Å². The SMILES string of the molecule is CC1CCCC(C)N1C(=O)Cc1csc(N)n1. The van der Waals surface area contributed by atoms with Crippen molar-refractivity contribution in [1.29, 1.82) is 0 Å². The molecule has 1 aliphatic rings. The molecule has 1 aromatic heterocycles. The highest BCUT2D eigenvalue weighted by Crippen LogP contribution is 2.23. The number of piperidine rings is 1. The number of nitrogens with zero attached hydrogens (tertiary/aromatic N) is 2. The van der Waals surface area contributed by atoms with Crippen molar-refractivity contribution in [3.05, 3.63) is 11.1 Å². The molecule has 2 rings (SSSR count). The standard InChI is InChI=1S/C12H19N3OS/c1-8-4-3-5-9(2)15(8)11(16)6-10-7-17-12(13)14-10/h7-9H,3-6H2,1-2H3,(H2,13,14). The highest BCUT2D eigenvalue weighted by atomic mass is 32.1.